The summed E-state index contributed by atoms with van der Waals surface area (Å²) in [6.07, 6.45) is 1.68. The number of rotatable bonds is 4. The van der Waals surface area contributed by atoms with Crippen molar-refractivity contribution >= 4 is 17.8 Å². The smallest absolute Gasteiger partial charge is 0.265 e. The van der Waals surface area contributed by atoms with Crippen molar-refractivity contribution < 1.29 is 4.79 Å². The van der Waals surface area contributed by atoms with Gasteiger partial charge in [0.05, 0.1) is 11.4 Å². The van der Waals surface area contributed by atoms with Gasteiger partial charge < -0.3 is 5.32 Å². The quantitative estimate of drug-likeness (QED) is 0.573. The molecule has 0 aliphatic rings. The summed E-state index contributed by atoms with van der Waals surface area (Å²) in [6, 6.07) is 0. The van der Waals surface area contributed by atoms with Crippen LogP contribution in [0.2, 0.25) is 0 Å². The van der Waals surface area contributed by atoms with Gasteiger partial charge in [0.1, 0.15) is 5.71 Å². The van der Waals surface area contributed by atoms with Crippen molar-refractivity contribution in [1.82, 2.24) is 5.32 Å². The average molecular weight is 221 g/mol. The molecule has 0 aliphatic carbocycles. The molecule has 0 aromatic heterocycles. The van der Waals surface area contributed by atoms with E-state index in [4.69, 9.17) is 0 Å². The highest BCUT2D eigenvalue weighted by atomic mass is 16.1. The monoisotopic (exact) mass is 221 g/mol. The van der Waals surface area contributed by atoms with E-state index in [0.717, 1.165) is 11.3 Å². The van der Waals surface area contributed by atoms with Gasteiger partial charge in [-0.05, 0) is 33.3 Å². The molecular formula is C12H19N3O. The zero-order valence-electron chi connectivity index (χ0n) is 10.6. The maximum Gasteiger partial charge on any atom is 0.265 e. The van der Waals surface area contributed by atoms with Gasteiger partial charge in [-0.2, -0.15) is 0 Å². The van der Waals surface area contributed by atoms with Crippen molar-refractivity contribution in [1.29, 1.82) is 0 Å². The van der Waals surface area contributed by atoms with Gasteiger partial charge in [-0.1, -0.05) is 6.58 Å². The van der Waals surface area contributed by atoms with Crippen molar-refractivity contribution in [3.05, 3.63) is 23.5 Å². The first-order chi connectivity index (χ1) is 7.43. The number of allylic oxidation sites excluding steroid dienone is 2. The lowest BCUT2D eigenvalue weighted by Crippen LogP contribution is -2.25. The lowest BCUT2D eigenvalue weighted by molar-refractivity contribution is -0.114. The fraction of sp³-hybridized carbons (Fsp3) is 0.417. The molecular weight excluding hydrogens is 202 g/mol. The van der Waals surface area contributed by atoms with E-state index in [1.54, 1.807) is 20.2 Å². The minimum absolute atomic E-state index is 0.202. The van der Waals surface area contributed by atoms with Crippen LogP contribution in [0, 0.1) is 0 Å². The lowest BCUT2D eigenvalue weighted by atomic mass is 10.2. The summed E-state index contributed by atoms with van der Waals surface area (Å²) >= 11 is 0. The first-order valence-corrected chi connectivity index (χ1v) is 5.06. The Hall–Kier alpha value is -1.71. The molecule has 0 bridgehead atoms. The van der Waals surface area contributed by atoms with E-state index in [-0.39, 0.29) is 5.91 Å². The van der Waals surface area contributed by atoms with E-state index in [9.17, 15) is 4.79 Å². The second-order valence-electron chi connectivity index (χ2n) is 3.38. The van der Waals surface area contributed by atoms with Crippen LogP contribution in [0.15, 0.2) is 33.5 Å². The third kappa shape index (κ3) is 4.21. The molecule has 1 N–H and O–H groups in total. The molecule has 0 aromatic carbocycles. The molecule has 0 spiro atoms. The average Bonchev–Trinajstić information content (AvgIpc) is 2.23. The zero-order valence-corrected chi connectivity index (χ0v) is 10.6. The van der Waals surface area contributed by atoms with E-state index >= 15 is 0 Å². The Kier molecular flexibility index (Phi) is 6.00. The topological polar surface area (TPSA) is 53.8 Å². The van der Waals surface area contributed by atoms with Crippen molar-refractivity contribution in [2.24, 2.45) is 9.98 Å². The largest absolute Gasteiger partial charge is 0.354 e. The number of amides is 1. The Morgan fingerprint density at radius 1 is 1.31 bits per heavy atom. The summed E-state index contributed by atoms with van der Waals surface area (Å²) in [4.78, 5) is 19.7. The van der Waals surface area contributed by atoms with Gasteiger partial charge in [0.2, 0.25) is 0 Å². The van der Waals surface area contributed by atoms with Crippen LogP contribution in [0.5, 0.6) is 0 Å². The summed E-state index contributed by atoms with van der Waals surface area (Å²) in [5.74, 6) is -0.202. The first-order valence-electron chi connectivity index (χ1n) is 5.06. The molecule has 0 rings (SSSR count). The Morgan fingerprint density at radius 2 is 1.88 bits per heavy atom. The molecule has 0 aliphatic heterocycles. The van der Waals surface area contributed by atoms with Crippen molar-refractivity contribution in [2.45, 2.75) is 27.7 Å². The molecule has 0 unspecified atom stereocenters. The van der Waals surface area contributed by atoms with E-state index in [1.807, 2.05) is 20.8 Å². The molecule has 0 aromatic rings. The van der Waals surface area contributed by atoms with Crippen molar-refractivity contribution in [3.8, 4) is 0 Å². The summed E-state index contributed by atoms with van der Waals surface area (Å²) in [6.45, 7) is 11.0. The highest BCUT2D eigenvalue weighted by Crippen LogP contribution is 2.15. The number of nitrogens with one attached hydrogen (secondary N) is 1. The maximum atomic E-state index is 11.3. The molecule has 0 fully saturated rings. The predicted octanol–water partition coefficient (Wildman–Crippen LogP) is 2.09. The van der Waals surface area contributed by atoms with Gasteiger partial charge in [0.15, 0.2) is 0 Å². The molecule has 0 heterocycles. The van der Waals surface area contributed by atoms with Gasteiger partial charge in [0.25, 0.3) is 5.91 Å². The minimum atomic E-state index is -0.202. The van der Waals surface area contributed by atoms with Crippen LogP contribution in [0.1, 0.15) is 27.7 Å². The molecule has 1 amide bonds. The lowest BCUT2D eigenvalue weighted by Gasteiger charge is -2.05. The van der Waals surface area contributed by atoms with E-state index in [0.29, 0.717) is 11.4 Å². The number of hydrogen-bond donors (Lipinski definition) is 1. The normalized spacial score (nSPS) is 13.7. The molecule has 4 nitrogen and oxygen atoms in total. The number of hydrogen-bond acceptors (Lipinski definition) is 3. The number of carbonyl (C=O) groups excluding carboxylic acids is 1. The third-order valence-corrected chi connectivity index (χ3v) is 1.90. The number of aliphatic imine (C=N–C) groups is 2. The van der Waals surface area contributed by atoms with Crippen molar-refractivity contribution in [3.63, 3.8) is 0 Å². The van der Waals surface area contributed by atoms with Gasteiger partial charge in [0, 0.05) is 13.3 Å². The fourth-order valence-electron chi connectivity index (χ4n) is 1.14. The van der Waals surface area contributed by atoms with Gasteiger partial charge in [-0.15, -0.1) is 0 Å². The molecule has 0 saturated heterocycles. The van der Waals surface area contributed by atoms with Crippen LogP contribution in [0.25, 0.3) is 0 Å². The first kappa shape index (κ1) is 14.3. The van der Waals surface area contributed by atoms with Crippen LogP contribution in [0.3, 0.4) is 0 Å². The van der Waals surface area contributed by atoms with E-state index < -0.39 is 0 Å². The second kappa shape index (κ2) is 6.71. The van der Waals surface area contributed by atoms with E-state index in [2.05, 4.69) is 21.9 Å². The Labute approximate surface area is 96.9 Å². The number of nitrogens with zero attached hydrogens (tertiary/aromatic N) is 2. The Bertz CT molecular complexity index is 376. The molecule has 16 heavy (non-hydrogen) atoms. The highest BCUT2D eigenvalue weighted by Gasteiger charge is 2.06. The maximum absolute atomic E-state index is 11.3. The second-order valence-corrected chi connectivity index (χ2v) is 3.38. The van der Waals surface area contributed by atoms with E-state index in [1.165, 1.54) is 0 Å². The Morgan fingerprint density at radius 3 is 2.25 bits per heavy atom. The van der Waals surface area contributed by atoms with Crippen molar-refractivity contribution in [2.75, 3.05) is 7.05 Å². The highest BCUT2D eigenvalue weighted by molar-refractivity contribution is 6.38. The molecule has 0 radical (unpaired) electrons. The molecule has 0 saturated carbocycles. The van der Waals surface area contributed by atoms with Gasteiger partial charge >= 0.3 is 0 Å². The van der Waals surface area contributed by atoms with Gasteiger partial charge in [-0.25, -0.2) is 4.99 Å². The predicted molar refractivity (Wildman–Crippen MR) is 68.9 cm³/mol. The van der Waals surface area contributed by atoms with Crippen LogP contribution < -0.4 is 5.32 Å². The summed E-state index contributed by atoms with van der Waals surface area (Å²) in [5.41, 5.74) is 2.58. The third-order valence-electron chi connectivity index (χ3n) is 1.90. The summed E-state index contributed by atoms with van der Waals surface area (Å²) in [5, 5.41) is 2.52. The standard InChI is InChI=1S/C12H19N3O/c1-7-14-9(4)11(8(2)3)15-10(5)12(16)13-6/h7H,2H2,1,3-6H3,(H,13,16)/b11-9+,14-7?,15-10?. The summed E-state index contributed by atoms with van der Waals surface area (Å²) < 4.78 is 0. The minimum Gasteiger partial charge on any atom is -0.354 e. The molecule has 0 atom stereocenters. The molecule has 4 heteroatoms. The van der Waals surface area contributed by atoms with Crippen LogP contribution >= 0.6 is 0 Å². The van der Waals surface area contributed by atoms with Gasteiger partial charge in [-0.3, -0.25) is 9.79 Å². The summed E-state index contributed by atoms with van der Waals surface area (Å²) in [7, 11) is 1.57. The fourth-order valence-corrected chi connectivity index (χ4v) is 1.14. The number of carbonyl (C=O) groups is 1. The van der Waals surface area contributed by atoms with Crippen LogP contribution in [0.4, 0.5) is 0 Å². The molecule has 88 valence electrons. The van der Waals surface area contributed by atoms with Crippen LogP contribution in [-0.4, -0.2) is 24.9 Å². The zero-order chi connectivity index (χ0) is 12.7. The Balaban J connectivity index is 5.35. The van der Waals surface area contributed by atoms with Crippen LogP contribution in [-0.2, 0) is 4.79 Å². The SMILES string of the molecule is C=C(C)/C(N=C(C)C(=O)NC)=C(/C)N=CC.